The number of nitrogens with one attached hydrogen (secondary N) is 1. The van der Waals surface area contributed by atoms with E-state index >= 15 is 0 Å². The van der Waals surface area contributed by atoms with Gasteiger partial charge in [0.15, 0.2) is 0 Å². The third-order valence-electron chi connectivity index (χ3n) is 4.51. The van der Waals surface area contributed by atoms with Crippen LogP contribution in [0.5, 0.6) is 0 Å². The van der Waals surface area contributed by atoms with Gasteiger partial charge in [-0.3, -0.25) is 9.59 Å². The van der Waals surface area contributed by atoms with Crippen LogP contribution in [0.3, 0.4) is 0 Å². The Morgan fingerprint density at radius 2 is 2.00 bits per heavy atom. The number of nitrogens with zero attached hydrogens (tertiary/aromatic N) is 1. The van der Waals surface area contributed by atoms with E-state index in [1.165, 1.54) is 0 Å². The van der Waals surface area contributed by atoms with Crippen LogP contribution in [0.4, 0.5) is 5.69 Å². The smallest absolute Gasteiger partial charge is 0.261 e. The van der Waals surface area contributed by atoms with Crippen molar-refractivity contribution in [3.8, 4) is 0 Å². The van der Waals surface area contributed by atoms with Crippen LogP contribution in [0.15, 0.2) is 51.9 Å². The SMILES string of the molecule is CC1Cc2cc(Br)cc3c(=O)c(C(=O)Nc4ccc(Cl)cc4)cn1c23. The Kier molecular flexibility index (Phi) is 3.93. The number of anilines is 1. The van der Waals surface area contributed by atoms with Gasteiger partial charge >= 0.3 is 0 Å². The van der Waals surface area contributed by atoms with Crippen LogP contribution < -0.4 is 10.7 Å². The van der Waals surface area contributed by atoms with Gasteiger partial charge in [0.2, 0.25) is 5.43 Å². The number of hydrogen-bond acceptors (Lipinski definition) is 2. The first kappa shape index (κ1) is 16.4. The normalized spacial score (nSPS) is 15.6. The van der Waals surface area contributed by atoms with Crippen molar-refractivity contribution in [3.63, 3.8) is 0 Å². The van der Waals surface area contributed by atoms with Crippen molar-refractivity contribution in [1.82, 2.24) is 4.57 Å². The number of aromatic nitrogens is 1. The molecule has 6 heteroatoms. The lowest BCUT2D eigenvalue weighted by atomic mass is 10.1. The molecule has 25 heavy (non-hydrogen) atoms. The molecular formula is C19H14BrClN2O2. The molecule has 2 aromatic carbocycles. The second kappa shape index (κ2) is 6.00. The summed E-state index contributed by atoms with van der Waals surface area (Å²) in [6.07, 6.45) is 2.52. The molecule has 0 aliphatic carbocycles. The van der Waals surface area contributed by atoms with Crippen LogP contribution in [0.1, 0.15) is 28.9 Å². The molecule has 2 heterocycles. The van der Waals surface area contributed by atoms with Gasteiger partial charge in [-0.1, -0.05) is 27.5 Å². The first-order valence-corrected chi connectivity index (χ1v) is 9.05. The van der Waals surface area contributed by atoms with Crippen molar-refractivity contribution in [1.29, 1.82) is 0 Å². The zero-order valence-corrected chi connectivity index (χ0v) is 15.7. The molecule has 0 spiro atoms. The Morgan fingerprint density at radius 3 is 2.72 bits per heavy atom. The van der Waals surface area contributed by atoms with E-state index < -0.39 is 5.91 Å². The van der Waals surface area contributed by atoms with Crippen molar-refractivity contribution in [3.05, 3.63) is 73.4 Å². The summed E-state index contributed by atoms with van der Waals surface area (Å²) in [5.41, 5.74) is 2.52. The predicted octanol–water partition coefficient (Wildman–Crippen LogP) is 4.79. The third-order valence-corrected chi connectivity index (χ3v) is 5.22. The average Bonchev–Trinajstić information content (AvgIpc) is 2.88. The fourth-order valence-electron chi connectivity index (χ4n) is 3.35. The Morgan fingerprint density at radius 1 is 1.28 bits per heavy atom. The maximum Gasteiger partial charge on any atom is 0.261 e. The Labute approximate surface area is 157 Å². The first-order chi connectivity index (χ1) is 11.9. The zero-order valence-electron chi connectivity index (χ0n) is 13.3. The van der Waals surface area contributed by atoms with E-state index in [4.69, 9.17) is 11.6 Å². The average molecular weight is 418 g/mol. The van der Waals surface area contributed by atoms with Gasteiger partial charge in [-0.2, -0.15) is 0 Å². The Balaban J connectivity index is 1.83. The zero-order chi connectivity index (χ0) is 17.7. The highest BCUT2D eigenvalue weighted by Crippen LogP contribution is 2.33. The van der Waals surface area contributed by atoms with Crippen LogP contribution in [0.25, 0.3) is 10.9 Å². The number of hydrogen-bond donors (Lipinski definition) is 1. The second-order valence-electron chi connectivity index (χ2n) is 6.25. The van der Waals surface area contributed by atoms with Gasteiger partial charge in [0.25, 0.3) is 5.91 Å². The van der Waals surface area contributed by atoms with E-state index in [1.807, 2.05) is 10.6 Å². The van der Waals surface area contributed by atoms with E-state index in [9.17, 15) is 9.59 Å². The van der Waals surface area contributed by atoms with Crippen molar-refractivity contribution in [2.24, 2.45) is 0 Å². The lowest BCUT2D eigenvalue weighted by molar-refractivity contribution is 0.102. The lowest BCUT2D eigenvalue weighted by Gasteiger charge is -2.13. The van der Waals surface area contributed by atoms with Gasteiger partial charge in [-0.25, -0.2) is 0 Å². The number of halogens is 2. The molecule has 126 valence electrons. The molecule has 4 nitrogen and oxygen atoms in total. The highest BCUT2D eigenvalue weighted by atomic mass is 79.9. The summed E-state index contributed by atoms with van der Waals surface area (Å²) in [6.45, 7) is 2.08. The predicted molar refractivity (Wildman–Crippen MR) is 104 cm³/mol. The van der Waals surface area contributed by atoms with Crippen LogP contribution in [0, 0.1) is 0 Å². The largest absolute Gasteiger partial charge is 0.343 e. The van der Waals surface area contributed by atoms with E-state index in [1.54, 1.807) is 36.5 Å². The highest BCUT2D eigenvalue weighted by molar-refractivity contribution is 9.10. The summed E-state index contributed by atoms with van der Waals surface area (Å²) < 4.78 is 2.87. The molecule has 1 amide bonds. The molecule has 1 atom stereocenters. The summed E-state index contributed by atoms with van der Waals surface area (Å²) in [5.74, 6) is -0.418. The Hall–Kier alpha value is -2.11. The van der Waals surface area contributed by atoms with E-state index in [-0.39, 0.29) is 17.0 Å². The molecular weight excluding hydrogens is 404 g/mol. The molecule has 0 saturated carbocycles. The summed E-state index contributed by atoms with van der Waals surface area (Å²) in [6, 6.07) is 10.8. The van der Waals surface area contributed by atoms with Gasteiger partial charge in [0, 0.05) is 32.8 Å². The molecule has 0 radical (unpaired) electrons. The van der Waals surface area contributed by atoms with E-state index in [0.29, 0.717) is 16.1 Å². The van der Waals surface area contributed by atoms with Gasteiger partial charge in [-0.05, 0) is 55.3 Å². The minimum Gasteiger partial charge on any atom is -0.343 e. The number of rotatable bonds is 2. The topological polar surface area (TPSA) is 51.1 Å². The molecule has 3 aromatic rings. The van der Waals surface area contributed by atoms with Crippen molar-refractivity contribution in [2.45, 2.75) is 19.4 Å². The lowest BCUT2D eigenvalue weighted by Crippen LogP contribution is -2.23. The molecule has 1 aromatic heterocycles. The molecule has 1 N–H and O–H groups in total. The number of amides is 1. The Bertz CT molecular complexity index is 1070. The van der Waals surface area contributed by atoms with Gasteiger partial charge in [-0.15, -0.1) is 0 Å². The molecule has 0 bridgehead atoms. The molecule has 0 fully saturated rings. The quantitative estimate of drug-likeness (QED) is 0.652. The monoisotopic (exact) mass is 416 g/mol. The van der Waals surface area contributed by atoms with Crippen LogP contribution in [-0.4, -0.2) is 10.5 Å². The molecule has 0 saturated heterocycles. The van der Waals surface area contributed by atoms with Crippen molar-refractivity contribution < 1.29 is 4.79 Å². The first-order valence-electron chi connectivity index (χ1n) is 7.88. The summed E-state index contributed by atoms with van der Waals surface area (Å²) in [7, 11) is 0. The standard InChI is InChI=1S/C19H14BrClN2O2/c1-10-6-11-7-12(20)8-15-17(11)23(10)9-16(18(15)24)19(25)22-14-4-2-13(21)3-5-14/h2-5,7-10H,6H2,1H3,(H,22,25). The van der Waals surface area contributed by atoms with Crippen LogP contribution >= 0.6 is 27.5 Å². The fourth-order valence-corrected chi connectivity index (χ4v) is 3.99. The molecule has 1 unspecified atom stereocenters. The van der Waals surface area contributed by atoms with Gasteiger partial charge in [0.05, 0.1) is 5.52 Å². The third kappa shape index (κ3) is 2.77. The fraction of sp³-hybridized carbons (Fsp3) is 0.158. The van der Waals surface area contributed by atoms with Crippen LogP contribution in [0.2, 0.25) is 5.02 Å². The molecule has 1 aliphatic rings. The number of benzene rings is 2. The van der Waals surface area contributed by atoms with Crippen LogP contribution in [-0.2, 0) is 6.42 Å². The number of pyridine rings is 1. The maximum absolute atomic E-state index is 12.9. The van der Waals surface area contributed by atoms with E-state index in [2.05, 4.69) is 28.2 Å². The minimum absolute atomic E-state index is 0.139. The highest BCUT2D eigenvalue weighted by Gasteiger charge is 2.25. The summed E-state index contributed by atoms with van der Waals surface area (Å²) in [5, 5.41) is 3.92. The summed E-state index contributed by atoms with van der Waals surface area (Å²) in [4.78, 5) is 25.6. The minimum atomic E-state index is -0.418. The molecule has 1 aliphatic heterocycles. The maximum atomic E-state index is 12.9. The second-order valence-corrected chi connectivity index (χ2v) is 7.61. The number of carbonyl (C=O) groups is 1. The number of carbonyl (C=O) groups excluding carboxylic acids is 1. The van der Waals surface area contributed by atoms with Crippen molar-refractivity contribution >= 4 is 50.0 Å². The summed E-state index contributed by atoms with van der Waals surface area (Å²) >= 11 is 9.32. The molecule has 4 rings (SSSR count). The van der Waals surface area contributed by atoms with Gasteiger partial charge in [0.1, 0.15) is 5.56 Å². The van der Waals surface area contributed by atoms with E-state index in [0.717, 1.165) is 22.0 Å². The van der Waals surface area contributed by atoms with Gasteiger partial charge < -0.3 is 9.88 Å². The van der Waals surface area contributed by atoms with Crippen molar-refractivity contribution in [2.75, 3.05) is 5.32 Å².